The number of benzene rings is 3. The number of alkyl halides is 3. The Kier molecular flexibility index (Phi) is 4.97. The average Bonchev–Trinajstić information content (AvgIpc) is 3.10. The highest BCUT2D eigenvalue weighted by molar-refractivity contribution is 6.00. The molecule has 0 bridgehead atoms. The number of amides is 2. The van der Waals surface area contributed by atoms with E-state index >= 15 is 0 Å². The summed E-state index contributed by atoms with van der Waals surface area (Å²) in [6, 6.07) is 13.1. The molecule has 0 aliphatic heterocycles. The highest BCUT2D eigenvalue weighted by Gasteiger charge is 2.30. The lowest BCUT2D eigenvalue weighted by molar-refractivity contribution is -0.137. The van der Waals surface area contributed by atoms with Crippen molar-refractivity contribution in [1.29, 1.82) is 0 Å². The summed E-state index contributed by atoms with van der Waals surface area (Å²) in [6.45, 7) is 0. The van der Waals surface area contributed by atoms with Crippen molar-refractivity contribution in [3.63, 3.8) is 0 Å². The van der Waals surface area contributed by atoms with Crippen LogP contribution in [0.3, 0.4) is 0 Å². The monoisotopic (exact) mass is 429 g/mol. The van der Waals surface area contributed by atoms with Crippen LogP contribution in [0.2, 0.25) is 0 Å². The first kappa shape index (κ1) is 20.2. The second kappa shape index (κ2) is 7.63. The van der Waals surface area contributed by atoms with Gasteiger partial charge >= 0.3 is 12.2 Å². The van der Waals surface area contributed by atoms with E-state index < -0.39 is 23.6 Å². The molecule has 5 N–H and O–H groups in total. The number of nitrogens with zero attached hydrogens (tertiary/aromatic N) is 1. The van der Waals surface area contributed by atoms with Crippen LogP contribution in [-0.2, 0) is 6.18 Å². The fourth-order valence-electron chi connectivity index (χ4n) is 3.10. The molecule has 4 rings (SSSR count). The molecule has 0 fully saturated rings. The Hall–Kier alpha value is -4.08. The molecule has 4 aromatic rings. The third kappa shape index (κ3) is 4.13. The van der Waals surface area contributed by atoms with E-state index in [4.69, 9.17) is 5.73 Å². The Morgan fingerprint density at radius 3 is 2.39 bits per heavy atom. The summed E-state index contributed by atoms with van der Waals surface area (Å²) in [4.78, 5) is 12.1. The topological polar surface area (TPSA) is 95.8 Å². The number of carbonyl (C=O) groups is 1. The zero-order valence-corrected chi connectivity index (χ0v) is 15.7. The van der Waals surface area contributed by atoms with Crippen LogP contribution in [0.25, 0.3) is 22.0 Å². The normalized spacial score (nSPS) is 11.5. The molecule has 0 atom stereocenters. The van der Waals surface area contributed by atoms with Gasteiger partial charge in [0.05, 0.1) is 5.56 Å². The lowest BCUT2D eigenvalue weighted by Crippen LogP contribution is -2.19. The van der Waals surface area contributed by atoms with Crippen molar-refractivity contribution in [3.05, 3.63) is 72.0 Å². The van der Waals surface area contributed by atoms with Gasteiger partial charge in [0.25, 0.3) is 0 Å². The number of urea groups is 1. The van der Waals surface area contributed by atoms with Crippen LogP contribution < -0.4 is 16.4 Å². The maximum atomic E-state index is 14.8. The molecule has 0 spiro atoms. The summed E-state index contributed by atoms with van der Waals surface area (Å²) in [5, 5.41) is 11.7. The third-order valence-electron chi connectivity index (χ3n) is 4.61. The minimum atomic E-state index is -4.51. The number of fused-ring (bicyclic) bond motifs is 1. The predicted octanol–water partition coefficient (Wildman–Crippen LogP) is 5.61. The number of nitrogens with two attached hydrogens (primary N) is 1. The number of aromatic nitrogens is 2. The smallest absolute Gasteiger partial charge is 0.382 e. The van der Waals surface area contributed by atoms with E-state index in [-0.39, 0.29) is 17.0 Å². The summed E-state index contributed by atoms with van der Waals surface area (Å²) in [7, 11) is 0. The van der Waals surface area contributed by atoms with Crippen LogP contribution in [0, 0.1) is 5.82 Å². The van der Waals surface area contributed by atoms with Crippen molar-refractivity contribution in [2.24, 2.45) is 0 Å². The number of aromatic amines is 1. The molecule has 158 valence electrons. The molecule has 0 aliphatic carbocycles. The maximum Gasteiger partial charge on any atom is 0.416 e. The Morgan fingerprint density at radius 2 is 1.68 bits per heavy atom. The Morgan fingerprint density at radius 1 is 0.968 bits per heavy atom. The summed E-state index contributed by atoms with van der Waals surface area (Å²) in [5.74, 6) is -0.309. The van der Waals surface area contributed by atoms with Crippen LogP contribution in [0.5, 0.6) is 0 Å². The highest BCUT2D eigenvalue weighted by atomic mass is 19.4. The SMILES string of the molecule is Nc1n[nH]c2c(F)c(-c3ccc(NC(=O)Nc4cccc(C(F)(F)F)c4)cc3)ccc12. The number of carbonyl (C=O) groups excluding carboxylic acids is 1. The van der Waals surface area contributed by atoms with Gasteiger partial charge in [-0.15, -0.1) is 0 Å². The Bertz CT molecular complexity index is 1270. The zero-order valence-electron chi connectivity index (χ0n) is 15.7. The quantitative estimate of drug-likeness (QED) is 0.319. The number of anilines is 3. The second-order valence-electron chi connectivity index (χ2n) is 6.69. The molecule has 1 aromatic heterocycles. The van der Waals surface area contributed by atoms with Gasteiger partial charge in [-0.1, -0.05) is 24.3 Å². The van der Waals surface area contributed by atoms with Gasteiger partial charge in [-0.05, 0) is 42.0 Å². The van der Waals surface area contributed by atoms with Crippen molar-refractivity contribution in [2.75, 3.05) is 16.4 Å². The highest BCUT2D eigenvalue weighted by Crippen LogP contribution is 2.32. The number of H-pyrrole nitrogens is 1. The van der Waals surface area contributed by atoms with Crippen molar-refractivity contribution in [2.45, 2.75) is 6.18 Å². The number of nitrogens with one attached hydrogen (secondary N) is 3. The van der Waals surface area contributed by atoms with Crippen LogP contribution >= 0.6 is 0 Å². The first-order chi connectivity index (χ1) is 14.7. The molecule has 31 heavy (non-hydrogen) atoms. The van der Waals surface area contributed by atoms with E-state index in [1.165, 1.54) is 12.1 Å². The van der Waals surface area contributed by atoms with Gasteiger partial charge in [0.1, 0.15) is 5.52 Å². The summed E-state index contributed by atoms with van der Waals surface area (Å²) < 4.78 is 53.1. The lowest BCUT2D eigenvalue weighted by atomic mass is 10.0. The average molecular weight is 429 g/mol. The molecule has 10 heteroatoms. The number of hydrogen-bond acceptors (Lipinski definition) is 3. The molecule has 6 nitrogen and oxygen atoms in total. The molecule has 0 unspecified atom stereocenters. The molecular formula is C21H15F4N5O. The second-order valence-corrected chi connectivity index (χ2v) is 6.69. The van der Waals surface area contributed by atoms with E-state index in [0.29, 0.717) is 22.2 Å². The van der Waals surface area contributed by atoms with Crippen LogP contribution in [0.15, 0.2) is 60.7 Å². The van der Waals surface area contributed by atoms with Gasteiger partial charge in [0.15, 0.2) is 11.6 Å². The fraction of sp³-hybridized carbons (Fsp3) is 0.0476. The van der Waals surface area contributed by atoms with Crippen molar-refractivity contribution in [3.8, 4) is 11.1 Å². The molecule has 0 aliphatic rings. The minimum Gasteiger partial charge on any atom is -0.382 e. The van der Waals surface area contributed by atoms with Crippen LogP contribution in [0.4, 0.5) is 39.5 Å². The van der Waals surface area contributed by atoms with Crippen molar-refractivity contribution in [1.82, 2.24) is 10.2 Å². The molecule has 3 aromatic carbocycles. The standard InChI is InChI=1S/C21H15F4N5O/c22-17-15(8-9-16-18(17)29-30-19(16)26)11-4-6-13(7-5-11)27-20(31)28-14-3-1-2-12(10-14)21(23,24)25/h1-10H,(H3,26,29,30)(H2,27,28,31). The van der Waals surface area contributed by atoms with E-state index in [0.717, 1.165) is 12.1 Å². The Labute approximate surface area is 173 Å². The summed E-state index contributed by atoms with van der Waals surface area (Å²) in [5.41, 5.74) is 6.24. The van der Waals surface area contributed by atoms with Gasteiger partial charge in [0.2, 0.25) is 0 Å². The van der Waals surface area contributed by atoms with Crippen LogP contribution in [-0.4, -0.2) is 16.2 Å². The van der Waals surface area contributed by atoms with Gasteiger partial charge in [-0.3, -0.25) is 5.10 Å². The minimum absolute atomic E-state index is 0.00171. The molecule has 0 radical (unpaired) electrons. The van der Waals surface area contributed by atoms with E-state index in [2.05, 4.69) is 20.8 Å². The van der Waals surface area contributed by atoms with E-state index in [9.17, 15) is 22.4 Å². The lowest BCUT2D eigenvalue weighted by Gasteiger charge is -2.11. The molecule has 2 amide bonds. The van der Waals surface area contributed by atoms with Gasteiger partial charge in [0, 0.05) is 22.3 Å². The molecule has 1 heterocycles. The predicted molar refractivity (Wildman–Crippen MR) is 110 cm³/mol. The molecule has 0 saturated carbocycles. The maximum absolute atomic E-state index is 14.8. The molecular weight excluding hydrogens is 414 g/mol. The van der Waals surface area contributed by atoms with E-state index in [1.807, 2.05) is 0 Å². The summed E-state index contributed by atoms with van der Waals surface area (Å²) >= 11 is 0. The van der Waals surface area contributed by atoms with E-state index in [1.54, 1.807) is 36.4 Å². The van der Waals surface area contributed by atoms with Crippen molar-refractivity contribution >= 4 is 34.1 Å². The Balaban J connectivity index is 1.48. The first-order valence-electron chi connectivity index (χ1n) is 9.00. The fourth-order valence-corrected chi connectivity index (χ4v) is 3.10. The zero-order chi connectivity index (χ0) is 22.2. The van der Waals surface area contributed by atoms with Crippen molar-refractivity contribution < 1.29 is 22.4 Å². The van der Waals surface area contributed by atoms with Gasteiger partial charge < -0.3 is 16.4 Å². The molecule has 0 saturated heterocycles. The number of rotatable bonds is 3. The largest absolute Gasteiger partial charge is 0.416 e. The van der Waals surface area contributed by atoms with Gasteiger partial charge in [-0.25, -0.2) is 9.18 Å². The number of halogens is 4. The summed E-state index contributed by atoms with van der Waals surface area (Å²) in [6.07, 6.45) is -4.51. The number of nitrogen functional groups attached to an aromatic ring is 1. The third-order valence-corrected chi connectivity index (χ3v) is 4.61. The first-order valence-corrected chi connectivity index (χ1v) is 9.00. The van der Waals surface area contributed by atoms with Crippen LogP contribution in [0.1, 0.15) is 5.56 Å². The van der Waals surface area contributed by atoms with Gasteiger partial charge in [-0.2, -0.15) is 18.3 Å². The number of hydrogen-bond donors (Lipinski definition) is 4.